The molecular formula is C16H22BrN3O4S. The van der Waals surface area contributed by atoms with E-state index >= 15 is 0 Å². The van der Waals surface area contributed by atoms with Gasteiger partial charge in [0.25, 0.3) is 0 Å². The predicted octanol–water partition coefficient (Wildman–Crippen LogP) is 0.969. The van der Waals surface area contributed by atoms with Crippen molar-refractivity contribution in [1.29, 1.82) is 0 Å². The van der Waals surface area contributed by atoms with E-state index in [-0.39, 0.29) is 10.8 Å². The zero-order chi connectivity index (χ0) is 18.0. The second-order valence-electron chi connectivity index (χ2n) is 6.18. The molecule has 2 aliphatic rings. The van der Waals surface area contributed by atoms with Gasteiger partial charge in [0.05, 0.1) is 18.9 Å². The number of hydrogen-bond donors (Lipinski definition) is 1. The number of nitrogens with one attached hydrogen (secondary N) is 1. The minimum Gasteiger partial charge on any atom is -0.379 e. The van der Waals surface area contributed by atoms with Gasteiger partial charge < -0.3 is 9.64 Å². The number of rotatable bonds is 5. The smallest absolute Gasteiger partial charge is 0.242 e. The number of carbonyl (C=O) groups excluding carboxylic acids is 1. The van der Waals surface area contributed by atoms with Gasteiger partial charge in [-0.25, -0.2) is 13.1 Å². The number of amides is 1. The molecule has 1 aromatic carbocycles. The third-order valence-electron chi connectivity index (χ3n) is 4.49. The summed E-state index contributed by atoms with van der Waals surface area (Å²) in [6.07, 6.45) is 0.657. The van der Waals surface area contributed by atoms with Gasteiger partial charge in [-0.2, -0.15) is 0 Å². The second kappa shape index (κ2) is 7.71. The Bertz CT molecular complexity index is 763. The van der Waals surface area contributed by atoms with E-state index in [1.54, 1.807) is 6.07 Å². The lowest BCUT2D eigenvalue weighted by Crippen LogP contribution is -2.41. The van der Waals surface area contributed by atoms with E-state index in [0.717, 1.165) is 18.7 Å². The minimum absolute atomic E-state index is 0.147. The van der Waals surface area contributed by atoms with Crippen molar-refractivity contribution in [2.45, 2.75) is 18.2 Å². The zero-order valence-corrected chi connectivity index (χ0v) is 16.5. The molecule has 0 radical (unpaired) electrons. The summed E-state index contributed by atoms with van der Waals surface area (Å²) in [4.78, 5) is 15.7. The van der Waals surface area contributed by atoms with Crippen molar-refractivity contribution in [1.82, 2.24) is 9.62 Å². The Balaban J connectivity index is 1.79. The predicted molar refractivity (Wildman–Crippen MR) is 98.3 cm³/mol. The van der Waals surface area contributed by atoms with Crippen LogP contribution in [-0.4, -0.2) is 65.2 Å². The number of fused-ring (bicyclic) bond motifs is 1. The van der Waals surface area contributed by atoms with Crippen molar-refractivity contribution in [3.05, 3.63) is 22.2 Å². The molecule has 0 atom stereocenters. The zero-order valence-electron chi connectivity index (χ0n) is 14.1. The van der Waals surface area contributed by atoms with Gasteiger partial charge in [0.1, 0.15) is 4.90 Å². The van der Waals surface area contributed by atoms with Gasteiger partial charge in [-0.05, 0) is 24.1 Å². The first kappa shape index (κ1) is 18.8. The Morgan fingerprint density at radius 3 is 2.68 bits per heavy atom. The summed E-state index contributed by atoms with van der Waals surface area (Å²) in [5.74, 6) is -0.147. The fraction of sp³-hybridized carbons (Fsp3) is 0.562. The van der Waals surface area contributed by atoms with E-state index in [4.69, 9.17) is 4.74 Å². The number of halogens is 1. The molecule has 0 aliphatic carbocycles. The first-order chi connectivity index (χ1) is 11.9. The monoisotopic (exact) mass is 431 g/mol. The van der Waals surface area contributed by atoms with Crippen molar-refractivity contribution in [3.63, 3.8) is 0 Å². The number of morpholine rings is 1. The van der Waals surface area contributed by atoms with E-state index < -0.39 is 10.0 Å². The van der Waals surface area contributed by atoms with E-state index in [1.807, 2.05) is 6.07 Å². The Kier molecular flexibility index (Phi) is 5.79. The summed E-state index contributed by atoms with van der Waals surface area (Å²) in [6, 6.07) is 3.45. The van der Waals surface area contributed by atoms with Crippen LogP contribution in [0.2, 0.25) is 0 Å². The van der Waals surface area contributed by atoms with Crippen molar-refractivity contribution < 1.29 is 17.9 Å². The fourth-order valence-electron chi connectivity index (χ4n) is 3.23. The van der Waals surface area contributed by atoms with Crippen LogP contribution in [0, 0.1) is 0 Å². The summed E-state index contributed by atoms with van der Waals surface area (Å²) in [7, 11) is -3.71. The lowest BCUT2D eigenvalue weighted by atomic mass is 10.2. The molecule has 0 bridgehead atoms. The topological polar surface area (TPSA) is 79.0 Å². The largest absolute Gasteiger partial charge is 0.379 e. The molecule has 0 spiro atoms. The summed E-state index contributed by atoms with van der Waals surface area (Å²) in [5, 5.41) is 0. The van der Waals surface area contributed by atoms with Crippen molar-refractivity contribution >= 4 is 37.5 Å². The van der Waals surface area contributed by atoms with E-state index in [0.29, 0.717) is 49.4 Å². The molecule has 1 N–H and O–H groups in total. The van der Waals surface area contributed by atoms with Crippen LogP contribution >= 0.6 is 15.9 Å². The molecule has 2 aliphatic heterocycles. The maximum Gasteiger partial charge on any atom is 0.242 e. The number of sulfonamides is 1. The van der Waals surface area contributed by atoms with Crippen molar-refractivity contribution in [2.75, 3.05) is 50.8 Å². The van der Waals surface area contributed by atoms with Crippen LogP contribution in [0.1, 0.15) is 12.5 Å². The third kappa shape index (κ3) is 4.22. The molecule has 1 amide bonds. The number of nitrogens with zero attached hydrogens (tertiary/aromatic N) is 2. The molecule has 0 unspecified atom stereocenters. The van der Waals surface area contributed by atoms with Gasteiger partial charge in [-0.1, -0.05) is 15.9 Å². The summed E-state index contributed by atoms with van der Waals surface area (Å²) in [5.41, 5.74) is 1.38. The quantitative estimate of drug-likeness (QED) is 0.751. The van der Waals surface area contributed by atoms with Crippen molar-refractivity contribution in [2.24, 2.45) is 0 Å². The summed E-state index contributed by atoms with van der Waals surface area (Å²) < 4.78 is 34.3. The van der Waals surface area contributed by atoms with Gasteiger partial charge in [0.15, 0.2) is 0 Å². The van der Waals surface area contributed by atoms with E-state index in [9.17, 15) is 13.2 Å². The molecule has 2 heterocycles. The lowest BCUT2D eigenvalue weighted by molar-refractivity contribution is -0.116. The number of carbonyl (C=O) groups is 1. The maximum absolute atomic E-state index is 12.8. The van der Waals surface area contributed by atoms with Crippen LogP contribution in [0.5, 0.6) is 0 Å². The SMILES string of the molecule is CC(=O)N1CCc2cc(Br)cc(S(=O)(=O)NCCN3CCOCC3)c21. The second-order valence-corrected chi connectivity index (χ2v) is 8.84. The average molecular weight is 432 g/mol. The maximum atomic E-state index is 12.8. The first-order valence-corrected chi connectivity index (χ1v) is 10.6. The standard InChI is InChI=1S/C16H22BrN3O4S/c1-12(21)20-4-2-13-10-14(17)11-15(16(13)20)25(22,23)18-3-5-19-6-8-24-9-7-19/h10-11,18H,2-9H2,1H3. The molecule has 9 heteroatoms. The van der Waals surface area contributed by atoms with E-state index in [1.165, 1.54) is 11.8 Å². The highest BCUT2D eigenvalue weighted by Gasteiger charge is 2.31. The minimum atomic E-state index is -3.71. The van der Waals surface area contributed by atoms with Gasteiger partial charge in [-0.3, -0.25) is 9.69 Å². The molecule has 1 fully saturated rings. The van der Waals surface area contributed by atoms with Crippen LogP contribution in [0.15, 0.2) is 21.5 Å². The number of benzene rings is 1. The van der Waals surface area contributed by atoms with E-state index in [2.05, 4.69) is 25.6 Å². The summed E-state index contributed by atoms with van der Waals surface area (Å²) >= 11 is 3.38. The van der Waals surface area contributed by atoms with Gasteiger partial charge in [0, 0.05) is 44.1 Å². The molecule has 3 rings (SSSR count). The Morgan fingerprint density at radius 2 is 2.00 bits per heavy atom. The molecule has 0 saturated carbocycles. The van der Waals surface area contributed by atoms with Crippen LogP contribution in [0.4, 0.5) is 5.69 Å². The highest BCUT2D eigenvalue weighted by Crippen LogP contribution is 2.37. The molecule has 7 nitrogen and oxygen atoms in total. The summed E-state index contributed by atoms with van der Waals surface area (Å²) in [6.45, 7) is 5.91. The fourth-order valence-corrected chi connectivity index (χ4v) is 5.18. The van der Waals surface area contributed by atoms with Crippen molar-refractivity contribution in [3.8, 4) is 0 Å². The molecule has 1 aromatic rings. The molecule has 0 aromatic heterocycles. The normalized spacial score (nSPS) is 18.4. The highest BCUT2D eigenvalue weighted by atomic mass is 79.9. The van der Waals surface area contributed by atoms with Gasteiger partial charge >= 0.3 is 0 Å². The Hall–Kier alpha value is -1.00. The Labute approximate surface area is 156 Å². The number of ether oxygens (including phenoxy) is 1. The average Bonchev–Trinajstić information content (AvgIpc) is 2.98. The highest BCUT2D eigenvalue weighted by molar-refractivity contribution is 9.10. The van der Waals surface area contributed by atoms with Crippen LogP contribution in [-0.2, 0) is 26.0 Å². The van der Waals surface area contributed by atoms with Gasteiger partial charge in [-0.15, -0.1) is 0 Å². The molecule has 25 heavy (non-hydrogen) atoms. The van der Waals surface area contributed by atoms with Crippen LogP contribution in [0.25, 0.3) is 0 Å². The molecular weight excluding hydrogens is 410 g/mol. The molecule has 1 saturated heterocycles. The first-order valence-electron chi connectivity index (χ1n) is 8.29. The van der Waals surface area contributed by atoms with Crippen LogP contribution < -0.4 is 9.62 Å². The van der Waals surface area contributed by atoms with Crippen LogP contribution in [0.3, 0.4) is 0 Å². The molecule has 138 valence electrons. The number of hydrogen-bond acceptors (Lipinski definition) is 5. The lowest BCUT2D eigenvalue weighted by Gasteiger charge is -2.26. The van der Waals surface area contributed by atoms with Gasteiger partial charge in [0.2, 0.25) is 15.9 Å². The third-order valence-corrected chi connectivity index (χ3v) is 6.42. The Morgan fingerprint density at radius 1 is 1.28 bits per heavy atom. The number of anilines is 1.